The number of halogens is 2. The van der Waals surface area contributed by atoms with Crippen molar-refractivity contribution in [1.82, 2.24) is 10.2 Å². The number of hydrogen-bond donors (Lipinski definition) is 1. The van der Waals surface area contributed by atoms with Gasteiger partial charge in [0.2, 0.25) is 6.41 Å². The molecule has 1 aliphatic heterocycles. The lowest BCUT2D eigenvalue weighted by Gasteiger charge is -2.34. The smallest absolute Gasteiger partial charge is 0.207 e. The molecule has 3 rings (SSSR count). The maximum Gasteiger partial charge on any atom is 0.207 e. The highest BCUT2D eigenvalue weighted by Crippen LogP contribution is 2.24. The van der Waals surface area contributed by atoms with Gasteiger partial charge in [-0.1, -0.05) is 59.6 Å². The molecular formula is C22H26Cl2N2O. The number of amides is 1. The van der Waals surface area contributed by atoms with Crippen molar-refractivity contribution >= 4 is 29.6 Å². The fraction of sp³-hybridized carbons (Fsp3) is 0.409. The first-order valence-electron chi connectivity index (χ1n) is 9.54. The van der Waals surface area contributed by atoms with Gasteiger partial charge in [0, 0.05) is 12.6 Å². The summed E-state index contributed by atoms with van der Waals surface area (Å²) in [6, 6.07) is 16.5. The fourth-order valence-corrected chi connectivity index (χ4v) is 4.18. The molecule has 5 heteroatoms. The zero-order valence-electron chi connectivity index (χ0n) is 15.4. The van der Waals surface area contributed by atoms with Gasteiger partial charge in [-0.05, 0) is 68.0 Å². The minimum absolute atomic E-state index is 0.0745. The van der Waals surface area contributed by atoms with Gasteiger partial charge in [0.25, 0.3) is 0 Å². The second kappa shape index (κ2) is 10.1. The predicted molar refractivity (Wildman–Crippen MR) is 112 cm³/mol. The third kappa shape index (κ3) is 6.24. The Morgan fingerprint density at radius 2 is 1.78 bits per heavy atom. The Hall–Kier alpha value is -1.55. The van der Waals surface area contributed by atoms with E-state index < -0.39 is 0 Å². The second-order valence-electron chi connectivity index (χ2n) is 7.37. The summed E-state index contributed by atoms with van der Waals surface area (Å²) in [4.78, 5) is 13.5. The minimum Gasteiger partial charge on any atom is -0.354 e. The van der Waals surface area contributed by atoms with E-state index in [0.717, 1.165) is 50.4 Å². The zero-order valence-corrected chi connectivity index (χ0v) is 16.9. The van der Waals surface area contributed by atoms with E-state index in [4.69, 9.17) is 23.2 Å². The first-order chi connectivity index (χ1) is 13.1. The largest absolute Gasteiger partial charge is 0.354 e. The van der Waals surface area contributed by atoms with Crippen molar-refractivity contribution in [2.45, 2.75) is 31.7 Å². The molecule has 0 aliphatic carbocycles. The summed E-state index contributed by atoms with van der Waals surface area (Å²) < 4.78 is 0. The molecule has 1 unspecified atom stereocenters. The van der Waals surface area contributed by atoms with Crippen molar-refractivity contribution in [3.05, 3.63) is 69.7 Å². The monoisotopic (exact) mass is 404 g/mol. The summed E-state index contributed by atoms with van der Waals surface area (Å²) in [6.45, 7) is 3.02. The first kappa shape index (κ1) is 20.2. The molecule has 3 nitrogen and oxygen atoms in total. The van der Waals surface area contributed by atoms with Gasteiger partial charge in [-0.25, -0.2) is 0 Å². The van der Waals surface area contributed by atoms with Crippen molar-refractivity contribution in [1.29, 1.82) is 0 Å². The molecule has 2 aromatic rings. The van der Waals surface area contributed by atoms with E-state index in [1.807, 2.05) is 18.2 Å². The number of nitrogens with zero attached hydrogens (tertiary/aromatic N) is 1. The van der Waals surface area contributed by atoms with E-state index in [9.17, 15) is 4.79 Å². The van der Waals surface area contributed by atoms with Crippen LogP contribution in [0.15, 0.2) is 48.5 Å². The average Bonchev–Trinajstić information content (AvgIpc) is 2.67. The number of rotatable bonds is 8. The van der Waals surface area contributed by atoms with E-state index in [-0.39, 0.29) is 6.04 Å². The number of likely N-dealkylation sites (tertiary alicyclic amines) is 1. The highest BCUT2D eigenvalue weighted by molar-refractivity contribution is 6.42. The molecule has 0 radical (unpaired) electrons. The van der Waals surface area contributed by atoms with Crippen LogP contribution < -0.4 is 5.32 Å². The molecule has 0 saturated carbocycles. The molecule has 144 valence electrons. The standard InChI is InChI=1S/C22H26Cl2N2O/c23-21-7-6-19(14-22(21)24)13-20(25-16-27)15-26-10-8-18(9-11-26)12-17-4-2-1-3-5-17/h1-7,14,16,18,20H,8-13,15H2,(H,25,27). The highest BCUT2D eigenvalue weighted by Gasteiger charge is 2.22. The molecule has 1 fully saturated rings. The lowest BCUT2D eigenvalue weighted by Crippen LogP contribution is -2.45. The molecule has 1 amide bonds. The van der Waals surface area contributed by atoms with Gasteiger partial charge in [0.05, 0.1) is 10.0 Å². The van der Waals surface area contributed by atoms with Crippen LogP contribution in [0.4, 0.5) is 0 Å². The summed E-state index contributed by atoms with van der Waals surface area (Å²) in [6.07, 6.45) is 5.11. The summed E-state index contributed by atoms with van der Waals surface area (Å²) in [5.74, 6) is 0.746. The molecule has 27 heavy (non-hydrogen) atoms. The SMILES string of the molecule is O=CNC(Cc1ccc(Cl)c(Cl)c1)CN1CCC(Cc2ccccc2)CC1. The molecule has 0 aromatic heterocycles. The Bertz CT molecular complexity index is 730. The van der Waals surface area contributed by atoms with E-state index in [2.05, 4.69) is 40.5 Å². The summed E-state index contributed by atoms with van der Waals surface area (Å²) in [5, 5.41) is 4.08. The van der Waals surface area contributed by atoms with Crippen molar-refractivity contribution < 1.29 is 4.79 Å². The van der Waals surface area contributed by atoms with Gasteiger partial charge in [0.1, 0.15) is 0 Å². The van der Waals surface area contributed by atoms with Gasteiger partial charge in [-0.15, -0.1) is 0 Å². The Morgan fingerprint density at radius 3 is 2.44 bits per heavy atom. The van der Waals surface area contributed by atoms with Gasteiger partial charge in [0.15, 0.2) is 0 Å². The van der Waals surface area contributed by atoms with Crippen LogP contribution >= 0.6 is 23.2 Å². The quantitative estimate of drug-likeness (QED) is 0.651. The van der Waals surface area contributed by atoms with E-state index in [0.29, 0.717) is 10.0 Å². The molecule has 1 aliphatic rings. The summed E-state index contributed by atoms with van der Waals surface area (Å²) in [7, 11) is 0. The van der Waals surface area contributed by atoms with Crippen LogP contribution in [0.5, 0.6) is 0 Å². The molecule has 0 bridgehead atoms. The average molecular weight is 405 g/mol. The first-order valence-corrected chi connectivity index (χ1v) is 10.3. The third-order valence-corrected chi connectivity index (χ3v) is 6.06. The van der Waals surface area contributed by atoms with Crippen molar-refractivity contribution in [2.75, 3.05) is 19.6 Å². The predicted octanol–water partition coefficient (Wildman–Crippen LogP) is 4.61. The van der Waals surface area contributed by atoms with Crippen molar-refractivity contribution in [2.24, 2.45) is 5.92 Å². The van der Waals surface area contributed by atoms with Crippen LogP contribution in [0.3, 0.4) is 0 Å². The van der Waals surface area contributed by atoms with E-state index in [1.54, 1.807) is 0 Å². The van der Waals surface area contributed by atoms with Crippen LogP contribution in [0, 0.1) is 5.92 Å². The third-order valence-electron chi connectivity index (χ3n) is 5.32. The van der Waals surface area contributed by atoms with Crippen LogP contribution in [-0.2, 0) is 17.6 Å². The van der Waals surface area contributed by atoms with Crippen LogP contribution in [0.25, 0.3) is 0 Å². The maximum absolute atomic E-state index is 11.0. The molecular weight excluding hydrogens is 379 g/mol. The van der Waals surface area contributed by atoms with Crippen LogP contribution in [0.2, 0.25) is 10.0 Å². The molecule has 0 spiro atoms. The Balaban J connectivity index is 1.50. The molecule has 1 heterocycles. The number of carbonyl (C=O) groups is 1. The number of carbonyl (C=O) groups excluding carboxylic acids is 1. The molecule has 1 atom stereocenters. The lowest BCUT2D eigenvalue weighted by molar-refractivity contribution is -0.110. The van der Waals surface area contributed by atoms with E-state index >= 15 is 0 Å². The van der Waals surface area contributed by atoms with Crippen LogP contribution in [0.1, 0.15) is 24.0 Å². The number of nitrogens with one attached hydrogen (secondary N) is 1. The highest BCUT2D eigenvalue weighted by atomic mass is 35.5. The molecule has 2 aromatic carbocycles. The number of piperidine rings is 1. The topological polar surface area (TPSA) is 32.3 Å². The number of hydrogen-bond acceptors (Lipinski definition) is 2. The Morgan fingerprint density at radius 1 is 1.04 bits per heavy atom. The van der Waals surface area contributed by atoms with Crippen molar-refractivity contribution in [3.8, 4) is 0 Å². The molecule has 1 N–H and O–H groups in total. The van der Waals surface area contributed by atoms with Gasteiger partial charge < -0.3 is 10.2 Å². The zero-order chi connectivity index (χ0) is 19.1. The van der Waals surface area contributed by atoms with Crippen molar-refractivity contribution in [3.63, 3.8) is 0 Å². The van der Waals surface area contributed by atoms with Crippen LogP contribution in [-0.4, -0.2) is 37.0 Å². The minimum atomic E-state index is 0.0745. The second-order valence-corrected chi connectivity index (χ2v) is 8.18. The normalized spacial score (nSPS) is 16.8. The Labute approximate surface area is 171 Å². The summed E-state index contributed by atoms with van der Waals surface area (Å²) in [5.41, 5.74) is 2.51. The molecule has 1 saturated heterocycles. The van der Waals surface area contributed by atoms with Gasteiger partial charge >= 0.3 is 0 Å². The summed E-state index contributed by atoms with van der Waals surface area (Å²) >= 11 is 12.1. The lowest BCUT2D eigenvalue weighted by atomic mass is 9.90. The number of benzene rings is 2. The fourth-order valence-electron chi connectivity index (χ4n) is 3.86. The Kier molecular flexibility index (Phi) is 7.57. The van der Waals surface area contributed by atoms with Gasteiger partial charge in [-0.2, -0.15) is 0 Å². The van der Waals surface area contributed by atoms with E-state index in [1.165, 1.54) is 18.4 Å². The maximum atomic E-state index is 11.0. The van der Waals surface area contributed by atoms with Gasteiger partial charge in [-0.3, -0.25) is 4.79 Å².